The number of benzene rings is 1. The number of aryl methyl sites for hydroxylation is 2. The molecule has 3 rings (SSSR count). The summed E-state index contributed by atoms with van der Waals surface area (Å²) in [6.45, 7) is 9.71. The van der Waals surface area contributed by atoms with Gasteiger partial charge in [0.1, 0.15) is 6.04 Å². The van der Waals surface area contributed by atoms with Crippen molar-refractivity contribution >= 4 is 5.91 Å². The number of hydrogen-bond acceptors (Lipinski definition) is 5. The number of hydrogen-bond donors (Lipinski definition) is 1. The van der Waals surface area contributed by atoms with E-state index in [0.29, 0.717) is 17.4 Å². The van der Waals surface area contributed by atoms with Gasteiger partial charge in [-0.05, 0) is 40.7 Å². The van der Waals surface area contributed by atoms with Crippen LogP contribution in [0.15, 0.2) is 35.0 Å². The maximum atomic E-state index is 12.5. The normalized spacial score (nSPS) is 12.4. The lowest BCUT2D eigenvalue weighted by molar-refractivity contribution is 0.0926. The van der Waals surface area contributed by atoms with Crippen LogP contribution in [0, 0.1) is 13.8 Å². The third-order valence-corrected chi connectivity index (χ3v) is 4.10. The van der Waals surface area contributed by atoms with Crippen molar-refractivity contribution in [3.63, 3.8) is 0 Å². The van der Waals surface area contributed by atoms with E-state index in [9.17, 15) is 4.79 Å². The fourth-order valence-corrected chi connectivity index (χ4v) is 2.61. The third-order valence-electron chi connectivity index (χ3n) is 4.10. The Morgan fingerprint density at radius 3 is 2.65 bits per heavy atom. The van der Waals surface area contributed by atoms with Gasteiger partial charge in [0.15, 0.2) is 5.69 Å². The zero-order chi connectivity index (χ0) is 18.8. The first-order valence-electron chi connectivity index (χ1n) is 8.62. The van der Waals surface area contributed by atoms with Crippen molar-refractivity contribution in [2.45, 2.75) is 46.7 Å². The molecule has 7 nitrogen and oxygen atoms in total. The van der Waals surface area contributed by atoms with Gasteiger partial charge in [0.05, 0.1) is 0 Å². The number of amides is 1. The van der Waals surface area contributed by atoms with Gasteiger partial charge in [-0.25, -0.2) is 0 Å². The van der Waals surface area contributed by atoms with Crippen LogP contribution < -0.4 is 5.32 Å². The molecule has 0 aliphatic carbocycles. The van der Waals surface area contributed by atoms with Crippen molar-refractivity contribution in [2.75, 3.05) is 0 Å². The van der Waals surface area contributed by atoms with Crippen LogP contribution in [0.4, 0.5) is 0 Å². The molecule has 1 aromatic carbocycles. The minimum absolute atomic E-state index is 0.195. The predicted octanol–water partition coefficient (Wildman–Crippen LogP) is 3.62. The standard InChI is InChI=1S/C19H23N5O2/c1-11(2)24-10-13(4)16(22-24)18(25)20-14(5)19-21-17(23-26-19)15-8-6-7-12(3)9-15/h6-11,14H,1-5H3,(H,20,25). The van der Waals surface area contributed by atoms with Crippen LogP contribution in [0.2, 0.25) is 0 Å². The molecule has 0 fully saturated rings. The van der Waals surface area contributed by atoms with E-state index in [1.54, 1.807) is 11.6 Å². The van der Waals surface area contributed by atoms with E-state index >= 15 is 0 Å². The van der Waals surface area contributed by atoms with Gasteiger partial charge in [-0.2, -0.15) is 10.1 Å². The van der Waals surface area contributed by atoms with Crippen LogP contribution in [0.5, 0.6) is 0 Å². The molecular weight excluding hydrogens is 330 g/mol. The van der Waals surface area contributed by atoms with Gasteiger partial charge in [-0.1, -0.05) is 28.9 Å². The van der Waals surface area contributed by atoms with Crippen molar-refractivity contribution < 1.29 is 9.32 Å². The molecular formula is C19H23N5O2. The first kappa shape index (κ1) is 17.8. The van der Waals surface area contributed by atoms with E-state index in [0.717, 1.165) is 16.7 Å². The highest BCUT2D eigenvalue weighted by Gasteiger charge is 2.21. The SMILES string of the molecule is Cc1cccc(-c2noc(C(C)NC(=O)c3nn(C(C)C)cc3C)n2)c1. The Bertz CT molecular complexity index is 926. The molecule has 3 aromatic rings. The first-order valence-corrected chi connectivity index (χ1v) is 8.62. The minimum atomic E-state index is -0.419. The Balaban J connectivity index is 1.74. The largest absolute Gasteiger partial charge is 0.339 e. The van der Waals surface area contributed by atoms with Crippen molar-refractivity contribution in [3.05, 3.63) is 53.2 Å². The highest BCUT2D eigenvalue weighted by molar-refractivity contribution is 5.93. The molecule has 1 atom stereocenters. The Kier molecular flexibility index (Phi) is 4.88. The topological polar surface area (TPSA) is 85.8 Å². The first-order chi connectivity index (χ1) is 12.3. The minimum Gasteiger partial charge on any atom is -0.339 e. The second kappa shape index (κ2) is 7.11. The van der Waals surface area contributed by atoms with Gasteiger partial charge in [0.2, 0.25) is 11.7 Å². The van der Waals surface area contributed by atoms with Gasteiger partial charge in [0.25, 0.3) is 5.91 Å². The molecule has 26 heavy (non-hydrogen) atoms. The average Bonchev–Trinajstić information content (AvgIpc) is 3.21. The van der Waals surface area contributed by atoms with Crippen LogP contribution in [0.1, 0.15) is 60.4 Å². The molecule has 0 saturated carbocycles. The molecule has 2 aromatic heterocycles. The molecule has 0 bridgehead atoms. The van der Waals surface area contributed by atoms with Crippen LogP contribution >= 0.6 is 0 Å². The summed E-state index contributed by atoms with van der Waals surface area (Å²) in [4.78, 5) is 16.9. The summed E-state index contributed by atoms with van der Waals surface area (Å²) in [5, 5.41) is 11.2. The maximum absolute atomic E-state index is 12.5. The maximum Gasteiger partial charge on any atom is 0.272 e. The lowest BCUT2D eigenvalue weighted by Crippen LogP contribution is -2.28. The van der Waals surface area contributed by atoms with E-state index in [2.05, 4.69) is 20.6 Å². The Morgan fingerprint density at radius 2 is 2.00 bits per heavy atom. The quantitative estimate of drug-likeness (QED) is 0.757. The van der Waals surface area contributed by atoms with Gasteiger partial charge in [-0.15, -0.1) is 0 Å². The number of carbonyl (C=O) groups excluding carboxylic acids is 1. The Labute approximate surface area is 152 Å². The lowest BCUT2D eigenvalue weighted by Gasteiger charge is -2.08. The van der Waals surface area contributed by atoms with Crippen molar-refractivity contribution in [1.29, 1.82) is 0 Å². The summed E-state index contributed by atoms with van der Waals surface area (Å²) in [7, 11) is 0. The second-order valence-corrected chi connectivity index (χ2v) is 6.76. The van der Waals surface area contributed by atoms with Gasteiger partial charge in [0, 0.05) is 23.4 Å². The van der Waals surface area contributed by atoms with Crippen LogP contribution in [-0.4, -0.2) is 25.8 Å². The molecule has 0 aliphatic heterocycles. The number of nitrogens with zero attached hydrogens (tertiary/aromatic N) is 4. The molecule has 1 N–H and O–H groups in total. The zero-order valence-corrected chi connectivity index (χ0v) is 15.6. The van der Waals surface area contributed by atoms with E-state index < -0.39 is 6.04 Å². The molecule has 136 valence electrons. The second-order valence-electron chi connectivity index (χ2n) is 6.76. The molecule has 7 heteroatoms. The number of carbonyl (C=O) groups is 1. The molecule has 0 saturated heterocycles. The summed E-state index contributed by atoms with van der Waals surface area (Å²) >= 11 is 0. The van der Waals surface area contributed by atoms with Crippen molar-refractivity contribution in [3.8, 4) is 11.4 Å². The van der Waals surface area contributed by atoms with Crippen LogP contribution in [0.25, 0.3) is 11.4 Å². The van der Waals surface area contributed by atoms with Gasteiger partial charge >= 0.3 is 0 Å². The highest BCUT2D eigenvalue weighted by Crippen LogP contribution is 2.20. The Hall–Kier alpha value is -2.96. The summed E-state index contributed by atoms with van der Waals surface area (Å²) in [6, 6.07) is 7.64. The number of nitrogens with one attached hydrogen (secondary N) is 1. The molecule has 0 aliphatic rings. The van der Waals surface area contributed by atoms with E-state index in [1.807, 2.05) is 58.2 Å². The molecule has 1 unspecified atom stereocenters. The monoisotopic (exact) mass is 353 g/mol. The summed E-state index contributed by atoms with van der Waals surface area (Å²) in [6.07, 6.45) is 1.87. The van der Waals surface area contributed by atoms with E-state index in [1.165, 1.54) is 0 Å². The van der Waals surface area contributed by atoms with Crippen LogP contribution in [0.3, 0.4) is 0 Å². The molecule has 0 spiro atoms. The Morgan fingerprint density at radius 1 is 1.23 bits per heavy atom. The van der Waals surface area contributed by atoms with Crippen molar-refractivity contribution in [1.82, 2.24) is 25.2 Å². The third kappa shape index (κ3) is 3.66. The molecule has 1 amide bonds. The number of rotatable bonds is 5. The summed E-state index contributed by atoms with van der Waals surface area (Å²) in [5.41, 5.74) is 3.23. The fraction of sp³-hybridized carbons (Fsp3) is 0.368. The zero-order valence-electron chi connectivity index (χ0n) is 15.6. The highest BCUT2D eigenvalue weighted by atomic mass is 16.5. The lowest BCUT2D eigenvalue weighted by atomic mass is 10.1. The number of aromatic nitrogens is 4. The summed E-state index contributed by atoms with van der Waals surface area (Å²) in [5.74, 6) is 0.602. The van der Waals surface area contributed by atoms with Gasteiger partial charge < -0.3 is 9.84 Å². The van der Waals surface area contributed by atoms with Gasteiger partial charge in [-0.3, -0.25) is 9.48 Å². The van der Waals surface area contributed by atoms with E-state index in [-0.39, 0.29) is 11.9 Å². The predicted molar refractivity (Wildman–Crippen MR) is 97.7 cm³/mol. The smallest absolute Gasteiger partial charge is 0.272 e. The molecule has 2 heterocycles. The fourth-order valence-electron chi connectivity index (χ4n) is 2.61. The summed E-state index contributed by atoms with van der Waals surface area (Å²) < 4.78 is 7.10. The average molecular weight is 353 g/mol. The van der Waals surface area contributed by atoms with Crippen molar-refractivity contribution in [2.24, 2.45) is 0 Å². The van der Waals surface area contributed by atoms with Crippen LogP contribution in [-0.2, 0) is 0 Å². The molecule has 0 radical (unpaired) electrons. The van der Waals surface area contributed by atoms with E-state index in [4.69, 9.17) is 4.52 Å².